The molecular formula is C11H17N. The van der Waals surface area contributed by atoms with Gasteiger partial charge in [-0.25, -0.2) is 0 Å². The zero-order valence-electron chi connectivity index (χ0n) is 7.93. The third-order valence-corrected chi connectivity index (χ3v) is 1.96. The number of aryl methyl sites for hydroxylation is 1. The third kappa shape index (κ3) is 2.00. The molecule has 66 valence electrons. The smallest absolute Gasteiger partial charge is 0.0372 e. The average Bonchev–Trinajstić information content (AvgIpc) is 2.21. The molecule has 2 rings (SSSR count). The minimum Gasteiger partial charge on any atom is -0.385 e. The van der Waals surface area contributed by atoms with Crippen LogP contribution in [0.1, 0.15) is 25.8 Å². The summed E-state index contributed by atoms with van der Waals surface area (Å²) < 4.78 is 0. The molecule has 12 heavy (non-hydrogen) atoms. The predicted octanol–water partition coefficient (Wildman–Crippen LogP) is 3.07. The van der Waals surface area contributed by atoms with E-state index in [9.17, 15) is 0 Å². The summed E-state index contributed by atoms with van der Waals surface area (Å²) in [5, 5.41) is 3.36. The summed E-state index contributed by atoms with van der Waals surface area (Å²) in [7, 11) is 0. The fraction of sp³-hybridized carbons (Fsp3) is 0.455. The Bertz CT molecular complexity index is 205. The summed E-state index contributed by atoms with van der Waals surface area (Å²) in [6.07, 6.45) is 2.51. The maximum Gasteiger partial charge on any atom is 0.0372 e. The van der Waals surface area contributed by atoms with E-state index < -0.39 is 0 Å². The topological polar surface area (TPSA) is 12.0 Å². The van der Waals surface area contributed by atoms with Gasteiger partial charge in [0.2, 0.25) is 0 Å². The van der Waals surface area contributed by atoms with Crippen LogP contribution in [0.25, 0.3) is 0 Å². The quantitative estimate of drug-likeness (QED) is 0.619. The number of nitrogens with one attached hydrogen (secondary N) is 1. The first-order valence-corrected chi connectivity index (χ1v) is 4.78. The van der Waals surface area contributed by atoms with E-state index in [1.165, 1.54) is 24.1 Å². The Balaban J connectivity index is 0.000000336. The second-order valence-corrected chi connectivity index (χ2v) is 2.69. The number of anilines is 1. The van der Waals surface area contributed by atoms with Crippen molar-refractivity contribution in [2.45, 2.75) is 26.7 Å². The molecule has 1 nitrogen and oxygen atoms in total. The number of hydrogen-bond donors (Lipinski definition) is 1. The Morgan fingerprint density at radius 1 is 1.17 bits per heavy atom. The second kappa shape index (κ2) is 4.81. The van der Waals surface area contributed by atoms with Gasteiger partial charge in [0, 0.05) is 12.2 Å². The lowest BCUT2D eigenvalue weighted by molar-refractivity contribution is 0.830. The largest absolute Gasteiger partial charge is 0.385 e. The number of fused-ring (bicyclic) bond motifs is 1. The summed E-state index contributed by atoms with van der Waals surface area (Å²) in [5.41, 5.74) is 2.79. The molecule has 1 aliphatic heterocycles. The minimum absolute atomic E-state index is 1.14. The normalized spacial score (nSPS) is 13.5. The lowest BCUT2D eigenvalue weighted by atomic mass is 10.0. The van der Waals surface area contributed by atoms with Crippen LogP contribution in [-0.2, 0) is 6.42 Å². The summed E-state index contributed by atoms with van der Waals surface area (Å²) in [6, 6.07) is 8.53. The average molecular weight is 163 g/mol. The first-order chi connectivity index (χ1) is 5.97. The van der Waals surface area contributed by atoms with Gasteiger partial charge in [-0.1, -0.05) is 32.0 Å². The van der Waals surface area contributed by atoms with Crippen LogP contribution in [0.3, 0.4) is 0 Å². The van der Waals surface area contributed by atoms with Crippen LogP contribution in [0.2, 0.25) is 0 Å². The highest BCUT2D eigenvalue weighted by Crippen LogP contribution is 2.19. The monoisotopic (exact) mass is 163 g/mol. The van der Waals surface area contributed by atoms with Crippen molar-refractivity contribution in [3.05, 3.63) is 29.8 Å². The van der Waals surface area contributed by atoms with E-state index in [1.807, 2.05) is 13.8 Å². The first-order valence-electron chi connectivity index (χ1n) is 4.78. The Kier molecular flexibility index (Phi) is 3.65. The second-order valence-electron chi connectivity index (χ2n) is 2.69. The van der Waals surface area contributed by atoms with Gasteiger partial charge in [0.15, 0.2) is 0 Å². The molecule has 1 aromatic rings. The summed E-state index contributed by atoms with van der Waals surface area (Å²) >= 11 is 0. The molecule has 1 heterocycles. The van der Waals surface area contributed by atoms with Crippen molar-refractivity contribution in [1.29, 1.82) is 0 Å². The van der Waals surface area contributed by atoms with E-state index in [1.54, 1.807) is 0 Å². The third-order valence-electron chi connectivity index (χ3n) is 1.96. The van der Waals surface area contributed by atoms with Gasteiger partial charge < -0.3 is 5.32 Å². The molecule has 0 radical (unpaired) electrons. The molecule has 1 aromatic carbocycles. The van der Waals surface area contributed by atoms with E-state index in [2.05, 4.69) is 29.6 Å². The standard InChI is InChI=1S/C9H11N.C2H6/c1-2-6-9-8(4-1)5-3-7-10-9;1-2/h1-2,4,6,10H,3,5,7H2;1-2H3. The Morgan fingerprint density at radius 3 is 2.67 bits per heavy atom. The fourth-order valence-corrected chi connectivity index (χ4v) is 1.41. The molecule has 0 saturated heterocycles. The van der Waals surface area contributed by atoms with Crippen LogP contribution in [0.15, 0.2) is 24.3 Å². The van der Waals surface area contributed by atoms with Crippen LogP contribution >= 0.6 is 0 Å². The van der Waals surface area contributed by atoms with E-state index in [-0.39, 0.29) is 0 Å². The Labute approximate surface area is 74.8 Å². The molecule has 0 amide bonds. The van der Waals surface area contributed by atoms with Crippen molar-refractivity contribution < 1.29 is 0 Å². The Morgan fingerprint density at radius 2 is 1.92 bits per heavy atom. The SMILES string of the molecule is CC.c1ccc2c(c1)CCCN2. The molecular weight excluding hydrogens is 146 g/mol. The maximum atomic E-state index is 3.36. The van der Waals surface area contributed by atoms with Gasteiger partial charge in [-0.15, -0.1) is 0 Å². The minimum atomic E-state index is 1.14. The Hall–Kier alpha value is -0.980. The van der Waals surface area contributed by atoms with Crippen molar-refractivity contribution in [3.8, 4) is 0 Å². The van der Waals surface area contributed by atoms with Gasteiger partial charge in [-0.05, 0) is 24.5 Å². The van der Waals surface area contributed by atoms with Crippen LogP contribution in [0.4, 0.5) is 5.69 Å². The summed E-state index contributed by atoms with van der Waals surface area (Å²) in [6.45, 7) is 5.14. The van der Waals surface area contributed by atoms with Gasteiger partial charge in [0.1, 0.15) is 0 Å². The van der Waals surface area contributed by atoms with Crippen molar-refractivity contribution in [1.82, 2.24) is 0 Å². The molecule has 0 fully saturated rings. The molecule has 0 bridgehead atoms. The number of para-hydroxylation sites is 1. The van der Waals surface area contributed by atoms with Crippen molar-refractivity contribution in [3.63, 3.8) is 0 Å². The molecule has 0 saturated carbocycles. The van der Waals surface area contributed by atoms with Crippen LogP contribution < -0.4 is 5.32 Å². The maximum absolute atomic E-state index is 3.36. The van der Waals surface area contributed by atoms with Crippen molar-refractivity contribution in [2.75, 3.05) is 11.9 Å². The molecule has 1 heteroatoms. The summed E-state index contributed by atoms with van der Waals surface area (Å²) in [5.74, 6) is 0. The van der Waals surface area contributed by atoms with Crippen molar-refractivity contribution >= 4 is 5.69 Å². The highest BCUT2D eigenvalue weighted by atomic mass is 14.9. The fourth-order valence-electron chi connectivity index (χ4n) is 1.41. The van der Waals surface area contributed by atoms with Gasteiger partial charge in [-0.2, -0.15) is 0 Å². The van der Waals surface area contributed by atoms with E-state index in [0.717, 1.165) is 6.54 Å². The first kappa shape index (κ1) is 9.11. The molecule has 0 aromatic heterocycles. The lowest BCUT2D eigenvalue weighted by Gasteiger charge is -2.16. The highest BCUT2D eigenvalue weighted by molar-refractivity contribution is 5.52. The zero-order valence-corrected chi connectivity index (χ0v) is 7.93. The van der Waals surface area contributed by atoms with E-state index in [4.69, 9.17) is 0 Å². The molecule has 0 spiro atoms. The van der Waals surface area contributed by atoms with Gasteiger partial charge >= 0.3 is 0 Å². The summed E-state index contributed by atoms with van der Waals surface area (Å²) in [4.78, 5) is 0. The number of rotatable bonds is 0. The molecule has 0 aliphatic carbocycles. The molecule has 1 aliphatic rings. The van der Waals surface area contributed by atoms with Gasteiger partial charge in [0.05, 0.1) is 0 Å². The van der Waals surface area contributed by atoms with Crippen LogP contribution in [-0.4, -0.2) is 6.54 Å². The van der Waals surface area contributed by atoms with Crippen LogP contribution in [0.5, 0.6) is 0 Å². The van der Waals surface area contributed by atoms with Crippen molar-refractivity contribution in [2.24, 2.45) is 0 Å². The van der Waals surface area contributed by atoms with E-state index >= 15 is 0 Å². The zero-order chi connectivity index (χ0) is 8.81. The lowest BCUT2D eigenvalue weighted by Crippen LogP contribution is -2.10. The number of benzene rings is 1. The molecule has 0 unspecified atom stereocenters. The van der Waals surface area contributed by atoms with Gasteiger partial charge in [0.25, 0.3) is 0 Å². The molecule has 0 atom stereocenters. The molecule has 1 N–H and O–H groups in total. The highest BCUT2D eigenvalue weighted by Gasteiger charge is 2.04. The predicted molar refractivity (Wildman–Crippen MR) is 54.6 cm³/mol. The van der Waals surface area contributed by atoms with E-state index in [0.29, 0.717) is 0 Å². The van der Waals surface area contributed by atoms with Crippen LogP contribution in [0, 0.1) is 0 Å². The van der Waals surface area contributed by atoms with Gasteiger partial charge in [-0.3, -0.25) is 0 Å². The number of hydrogen-bond acceptors (Lipinski definition) is 1.